The first-order chi connectivity index (χ1) is 9.21. The van der Waals surface area contributed by atoms with Gasteiger partial charge in [0.15, 0.2) is 0 Å². The molecule has 0 aliphatic heterocycles. The molecule has 118 valence electrons. The smallest absolute Gasteiger partial charge is 0.333 e. The van der Waals surface area contributed by atoms with Gasteiger partial charge in [0.25, 0.3) is 0 Å². The molecular weight excluding hydrogens is 256 g/mol. The van der Waals surface area contributed by atoms with E-state index < -0.39 is 5.97 Å². The number of carbonyl (C=O) groups is 1. The molecular formula is C16H30O4. The quantitative estimate of drug-likeness (QED) is 0.455. The van der Waals surface area contributed by atoms with Crippen LogP contribution in [-0.2, 0) is 19.0 Å². The molecule has 0 N–H and O–H groups in total. The average molecular weight is 286 g/mol. The van der Waals surface area contributed by atoms with Gasteiger partial charge in [-0.2, -0.15) is 0 Å². The number of rotatable bonds is 10. The zero-order valence-corrected chi connectivity index (χ0v) is 13.8. The predicted molar refractivity (Wildman–Crippen MR) is 80.7 cm³/mol. The Kier molecular flexibility index (Phi) is 8.74. The van der Waals surface area contributed by atoms with Crippen LogP contribution in [0.4, 0.5) is 0 Å². The summed E-state index contributed by atoms with van der Waals surface area (Å²) < 4.78 is 16.8. The van der Waals surface area contributed by atoms with Gasteiger partial charge in [-0.15, -0.1) is 0 Å². The van der Waals surface area contributed by atoms with E-state index in [-0.39, 0.29) is 24.4 Å². The molecule has 0 aliphatic rings. The maximum absolute atomic E-state index is 11.4. The molecule has 0 aromatic rings. The lowest BCUT2D eigenvalue weighted by Gasteiger charge is -2.28. The molecule has 0 heterocycles. The molecule has 2 atom stereocenters. The van der Waals surface area contributed by atoms with Crippen LogP contribution in [-0.4, -0.2) is 37.0 Å². The van der Waals surface area contributed by atoms with Gasteiger partial charge in [-0.1, -0.05) is 20.4 Å². The summed E-state index contributed by atoms with van der Waals surface area (Å²) in [6, 6.07) is 0. The summed E-state index contributed by atoms with van der Waals surface area (Å²) >= 11 is 0. The lowest BCUT2D eigenvalue weighted by atomic mass is 10.1. The molecule has 0 aromatic heterocycles. The van der Waals surface area contributed by atoms with Crippen molar-refractivity contribution in [3.63, 3.8) is 0 Å². The van der Waals surface area contributed by atoms with E-state index in [1.54, 1.807) is 6.92 Å². The molecule has 0 amide bonds. The normalized spacial score (nSPS) is 14.7. The van der Waals surface area contributed by atoms with Crippen molar-refractivity contribution in [1.82, 2.24) is 0 Å². The van der Waals surface area contributed by atoms with Crippen LogP contribution in [0.2, 0.25) is 0 Å². The first-order valence-electron chi connectivity index (χ1n) is 7.33. The number of hydrogen-bond acceptors (Lipinski definition) is 4. The van der Waals surface area contributed by atoms with Crippen molar-refractivity contribution in [2.24, 2.45) is 0 Å². The third kappa shape index (κ3) is 8.33. The fourth-order valence-corrected chi connectivity index (χ4v) is 1.26. The maximum atomic E-state index is 11.4. The van der Waals surface area contributed by atoms with Crippen molar-refractivity contribution in [1.29, 1.82) is 0 Å². The molecule has 0 fully saturated rings. The van der Waals surface area contributed by atoms with Crippen molar-refractivity contribution >= 4 is 5.97 Å². The van der Waals surface area contributed by atoms with Gasteiger partial charge in [0.1, 0.15) is 12.7 Å². The lowest BCUT2D eigenvalue weighted by molar-refractivity contribution is -0.151. The summed E-state index contributed by atoms with van der Waals surface area (Å²) in [5.74, 6) is -0.391. The van der Waals surface area contributed by atoms with Crippen LogP contribution in [0.1, 0.15) is 54.4 Å². The van der Waals surface area contributed by atoms with Crippen LogP contribution in [0.3, 0.4) is 0 Å². The monoisotopic (exact) mass is 286 g/mol. The van der Waals surface area contributed by atoms with Crippen LogP contribution in [0, 0.1) is 0 Å². The van der Waals surface area contributed by atoms with Gasteiger partial charge in [0.2, 0.25) is 0 Å². The van der Waals surface area contributed by atoms with E-state index in [0.29, 0.717) is 12.2 Å². The van der Waals surface area contributed by atoms with Gasteiger partial charge in [-0.3, -0.25) is 0 Å². The summed E-state index contributed by atoms with van der Waals surface area (Å²) in [4.78, 5) is 11.4. The minimum absolute atomic E-state index is 0.108. The Morgan fingerprint density at radius 1 is 1.25 bits per heavy atom. The molecule has 0 radical (unpaired) electrons. The van der Waals surface area contributed by atoms with Crippen molar-refractivity contribution in [2.75, 3.05) is 13.2 Å². The Labute approximate surface area is 123 Å². The molecule has 0 saturated carbocycles. The van der Waals surface area contributed by atoms with Crippen molar-refractivity contribution in [3.8, 4) is 0 Å². The van der Waals surface area contributed by atoms with Gasteiger partial charge in [-0.25, -0.2) is 4.79 Å². The van der Waals surface area contributed by atoms with Crippen LogP contribution >= 0.6 is 0 Å². The largest absolute Gasteiger partial charge is 0.459 e. The lowest BCUT2D eigenvalue weighted by Crippen LogP contribution is -2.35. The maximum Gasteiger partial charge on any atom is 0.333 e. The van der Waals surface area contributed by atoms with Crippen molar-refractivity contribution < 1.29 is 19.0 Å². The van der Waals surface area contributed by atoms with E-state index in [2.05, 4.69) is 20.4 Å². The second kappa shape index (κ2) is 9.14. The number of hydrogen-bond donors (Lipinski definition) is 0. The highest BCUT2D eigenvalue weighted by Crippen LogP contribution is 2.15. The Hall–Kier alpha value is -0.870. The summed E-state index contributed by atoms with van der Waals surface area (Å²) in [6.45, 7) is 16.0. The summed E-state index contributed by atoms with van der Waals surface area (Å²) in [5.41, 5.74) is 0.192. The molecule has 0 saturated heterocycles. The van der Waals surface area contributed by atoms with Crippen molar-refractivity contribution in [2.45, 2.75) is 72.2 Å². The van der Waals surface area contributed by atoms with E-state index >= 15 is 0 Å². The Balaban J connectivity index is 4.41. The zero-order valence-electron chi connectivity index (χ0n) is 13.8. The van der Waals surface area contributed by atoms with Crippen LogP contribution < -0.4 is 0 Å². The molecule has 0 aliphatic carbocycles. The standard InChI is InChI=1S/C16H30O4/c1-8-13(5)20-14(10-18-15(17)12(3)4)11-19-16(6,7)9-2/h13-14H,3,8-11H2,1-2,4-7H3. The molecule has 4 nitrogen and oxygen atoms in total. The minimum atomic E-state index is -0.391. The SMILES string of the molecule is C=C(C)C(=O)OCC(COC(C)(C)CC)OC(C)CC. The molecule has 0 bridgehead atoms. The van der Waals surface area contributed by atoms with Crippen LogP contribution in [0.25, 0.3) is 0 Å². The van der Waals surface area contributed by atoms with Gasteiger partial charge >= 0.3 is 5.97 Å². The first-order valence-corrected chi connectivity index (χ1v) is 7.33. The van der Waals surface area contributed by atoms with Crippen molar-refractivity contribution in [3.05, 3.63) is 12.2 Å². The highest BCUT2D eigenvalue weighted by Gasteiger charge is 2.21. The molecule has 2 unspecified atom stereocenters. The van der Waals surface area contributed by atoms with Gasteiger partial charge in [0.05, 0.1) is 18.3 Å². The van der Waals surface area contributed by atoms with E-state index in [1.807, 2.05) is 20.8 Å². The fourth-order valence-electron chi connectivity index (χ4n) is 1.26. The van der Waals surface area contributed by atoms with Gasteiger partial charge in [-0.05, 0) is 40.5 Å². The van der Waals surface area contributed by atoms with E-state index in [0.717, 1.165) is 12.8 Å². The topological polar surface area (TPSA) is 44.8 Å². The van der Waals surface area contributed by atoms with Crippen LogP contribution in [0.15, 0.2) is 12.2 Å². The Bertz CT molecular complexity index is 310. The third-order valence-electron chi connectivity index (χ3n) is 3.26. The highest BCUT2D eigenvalue weighted by molar-refractivity contribution is 5.86. The molecule has 0 aromatic carbocycles. The third-order valence-corrected chi connectivity index (χ3v) is 3.26. The van der Waals surface area contributed by atoms with Gasteiger partial charge in [0, 0.05) is 5.57 Å². The van der Waals surface area contributed by atoms with E-state index in [4.69, 9.17) is 14.2 Å². The van der Waals surface area contributed by atoms with E-state index in [1.165, 1.54) is 0 Å². The number of esters is 1. The van der Waals surface area contributed by atoms with Gasteiger partial charge < -0.3 is 14.2 Å². The number of ether oxygens (including phenoxy) is 3. The Morgan fingerprint density at radius 3 is 2.30 bits per heavy atom. The average Bonchev–Trinajstić information content (AvgIpc) is 2.40. The zero-order chi connectivity index (χ0) is 15.8. The number of carbonyl (C=O) groups excluding carboxylic acids is 1. The summed E-state index contributed by atoms with van der Waals surface area (Å²) in [5, 5.41) is 0. The highest BCUT2D eigenvalue weighted by atomic mass is 16.6. The fraction of sp³-hybridized carbons (Fsp3) is 0.812. The molecule has 0 rings (SSSR count). The summed E-state index contributed by atoms with van der Waals surface area (Å²) in [6.07, 6.45) is 1.67. The predicted octanol–water partition coefficient (Wildman–Crippen LogP) is 3.49. The van der Waals surface area contributed by atoms with E-state index in [9.17, 15) is 4.79 Å². The second-order valence-corrected chi connectivity index (χ2v) is 5.78. The second-order valence-electron chi connectivity index (χ2n) is 5.78. The minimum Gasteiger partial charge on any atom is -0.459 e. The summed E-state index contributed by atoms with van der Waals surface area (Å²) in [7, 11) is 0. The molecule has 4 heteroatoms. The Morgan fingerprint density at radius 2 is 1.85 bits per heavy atom. The first kappa shape index (κ1) is 19.1. The van der Waals surface area contributed by atoms with Crippen LogP contribution in [0.5, 0.6) is 0 Å². The molecule has 0 spiro atoms. The molecule has 20 heavy (non-hydrogen) atoms.